The standard InChI is InChI=1S/C16H21N3O3/c1-11(2)9-17-16(20)13-8-12(18-19-13)10-22-15-7-5-4-6-14(15)21-3/h4-8,11H,9-10H2,1-3H3,(H,17,20)(H,18,19). The van der Waals surface area contributed by atoms with E-state index in [0.717, 1.165) is 5.69 Å². The first-order valence-corrected chi connectivity index (χ1v) is 7.18. The number of carbonyl (C=O) groups excluding carboxylic acids is 1. The Morgan fingerprint density at radius 3 is 2.73 bits per heavy atom. The summed E-state index contributed by atoms with van der Waals surface area (Å²) < 4.78 is 10.9. The van der Waals surface area contributed by atoms with E-state index in [1.807, 2.05) is 38.1 Å². The van der Waals surface area contributed by atoms with Gasteiger partial charge in [-0.05, 0) is 24.1 Å². The van der Waals surface area contributed by atoms with Crippen molar-refractivity contribution in [1.29, 1.82) is 0 Å². The Hall–Kier alpha value is -2.50. The maximum Gasteiger partial charge on any atom is 0.271 e. The Morgan fingerprint density at radius 1 is 1.32 bits per heavy atom. The van der Waals surface area contributed by atoms with Gasteiger partial charge in [0.2, 0.25) is 0 Å². The summed E-state index contributed by atoms with van der Waals surface area (Å²) in [6, 6.07) is 9.08. The number of para-hydroxylation sites is 2. The number of amides is 1. The van der Waals surface area contributed by atoms with Crippen LogP contribution >= 0.6 is 0 Å². The fraction of sp³-hybridized carbons (Fsp3) is 0.375. The van der Waals surface area contributed by atoms with Gasteiger partial charge >= 0.3 is 0 Å². The second-order valence-electron chi connectivity index (χ2n) is 5.32. The van der Waals surface area contributed by atoms with Crippen molar-refractivity contribution >= 4 is 5.91 Å². The molecule has 2 rings (SSSR count). The first-order chi connectivity index (χ1) is 10.6. The van der Waals surface area contributed by atoms with Crippen LogP contribution in [0.5, 0.6) is 11.5 Å². The molecule has 1 aromatic heterocycles. The molecule has 0 saturated carbocycles. The lowest BCUT2D eigenvalue weighted by atomic mass is 10.2. The quantitative estimate of drug-likeness (QED) is 0.823. The summed E-state index contributed by atoms with van der Waals surface area (Å²) in [7, 11) is 1.59. The molecule has 118 valence electrons. The molecule has 22 heavy (non-hydrogen) atoms. The van der Waals surface area contributed by atoms with Crippen molar-refractivity contribution in [3.63, 3.8) is 0 Å². The fourth-order valence-corrected chi connectivity index (χ4v) is 1.83. The van der Waals surface area contributed by atoms with Crippen molar-refractivity contribution in [3.05, 3.63) is 41.7 Å². The van der Waals surface area contributed by atoms with Crippen LogP contribution in [0.15, 0.2) is 30.3 Å². The number of ether oxygens (including phenoxy) is 2. The van der Waals surface area contributed by atoms with Gasteiger partial charge in [0.25, 0.3) is 5.91 Å². The molecule has 6 nitrogen and oxygen atoms in total. The molecule has 0 unspecified atom stereocenters. The second kappa shape index (κ2) is 7.49. The highest BCUT2D eigenvalue weighted by Crippen LogP contribution is 2.26. The van der Waals surface area contributed by atoms with Crippen LogP contribution in [0.3, 0.4) is 0 Å². The van der Waals surface area contributed by atoms with Gasteiger partial charge in [0, 0.05) is 6.54 Å². The number of hydrogen-bond donors (Lipinski definition) is 2. The van der Waals surface area contributed by atoms with Gasteiger partial charge in [-0.25, -0.2) is 0 Å². The molecule has 1 heterocycles. The first-order valence-electron chi connectivity index (χ1n) is 7.18. The summed E-state index contributed by atoms with van der Waals surface area (Å²) in [6.45, 7) is 4.98. The molecule has 1 amide bonds. The molecular formula is C16H21N3O3. The monoisotopic (exact) mass is 303 g/mol. The Morgan fingerprint density at radius 2 is 2.05 bits per heavy atom. The van der Waals surface area contributed by atoms with Crippen molar-refractivity contribution in [1.82, 2.24) is 15.5 Å². The number of rotatable bonds is 7. The normalized spacial score (nSPS) is 10.5. The molecule has 1 aromatic carbocycles. The van der Waals surface area contributed by atoms with E-state index in [2.05, 4.69) is 15.5 Å². The van der Waals surface area contributed by atoms with Gasteiger partial charge in [0.05, 0.1) is 12.8 Å². The largest absolute Gasteiger partial charge is 0.493 e. The maximum absolute atomic E-state index is 11.9. The third kappa shape index (κ3) is 4.25. The Balaban J connectivity index is 1.93. The van der Waals surface area contributed by atoms with Crippen molar-refractivity contribution < 1.29 is 14.3 Å². The minimum Gasteiger partial charge on any atom is -0.493 e. The predicted octanol–water partition coefficient (Wildman–Crippen LogP) is 2.38. The average Bonchev–Trinajstić information content (AvgIpc) is 2.99. The molecule has 0 fully saturated rings. The number of methoxy groups -OCH3 is 1. The molecule has 0 aliphatic heterocycles. The number of benzene rings is 1. The van der Waals surface area contributed by atoms with E-state index in [1.165, 1.54) is 0 Å². The smallest absolute Gasteiger partial charge is 0.271 e. The van der Waals surface area contributed by atoms with E-state index in [-0.39, 0.29) is 12.5 Å². The molecule has 6 heteroatoms. The van der Waals surface area contributed by atoms with E-state index < -0.39 is 0 Å². The summed E-state index contributed by atoms with van der Waals surface area (Å²) in [5.74, 6) is 1.52. The number of nitrogens with one attached hydrogen (secondary N) is 2. The van der Waals surface area contributed by atoms with Crippen LogP contribution in [0.4, 0.5) is 0 Å². The molecule has 0 bridgehead atoms. The number of carbonyl (C=O) groups is 1. The molecule has 0 radical (unpaired) electrons. The topological polar surface area (TPSA) is 76.2 Å². The summed E-state index contributed by atoms with van der Waals surface area (Å²) in [5, 5.41) is 9.63. The molecule has 0 saturated heterocycles. The molecule has 2 N–H and O–H groups in total. The van der Waals surface area contributed by atoms with Crippen molar-refractivity contribution in [2.24, 2.45) is 5.92 Å². The number of H-pyrrole nitrogens is 1. The Bertz CT molecular complexity index is 623. The van der Waals surface area contributed by atoms with Crippen molar-refractivity contribution in [2.75, 3.05) is 13.7 Å². The van der Waals surface area contributed by atoms with Crippen molar-refractivity contribution in [2.45, 2.75) is 20.5 Å². The summed E-state index contributed by atoms with van der Waals surface area (Å²) in [4.78, 5) is 11.9. The third-order valence-electron chi connectivity index (χ3n) is 2.99. The van der Waals surface area contributed by atoms with Gasteiger partial charge in [-0.3, -0.25) is 9.89 Å². The highest BCUT2D eigenvalue weighted by molar-refractivity contribution is 5.92. The maximum atomic E-state index is 11.9. The second-order valence-corrected chi connectivity index (χ2v) is 5.32. The van der Waals surface area contributed by atoms with E-state index in [9.17, 15) is 4.79 Å². The number of aromatic amines is 1. The third-order valence-corrected chi connectivity index (χ3v) is 2.99. The van der Waals surface area contributed by atoms with Crippen LogP contribution in [0.1, 0.15) is 30.0 Å². The predicted molar refractivity (Wildman–Crippen MR) is 83.1 cm³/mol. The average molecular weight is 303 g/mol. The van der Waals surface area contributed by atoms with Crippen LogP contribution in [-0.4, -0.2) is 29.8 Å². The van der Waals surface area contributed by atoms with E-state index in [4.69, 9.17) is 9.47 Å². The highest BCUT2D eigenvalue weighted by Gasteiger charge is 2.11. The van der Waals surface area contributed by atoms with Gasteiger partial charge in [0.15, 0.2) is 11.5 Å². The Labute approximate surface area is 129 Å². The molecular weight excluding hydrogens is 282 g/mol. The molecule has 2 aromatic rings. The first kappa shape index (κ1) is 15.9. The Kier molecular flexibility index (Phi) is 5.41. The van der Waals surface area contributed by atoms with Gasteiger partial charge in [-0.15, -0.1) is 0 Å². The number of aromatic nitrogens is 2. The van der Waals surface area contributed by atoms with Gasteiger partial charge < -0.3 is 14.8 Å². The molecule has 0 spiro atoms. The summed E-state index contributed by atoms with van der Waals surface area (Å²) in [5.41, 5.74) is 1.08. The van der Waals surface area contributed by atoms with Crippen molar-refractivity contribution in [3.8, 4) is 11.5 Å². The van der Waals surface area contributed by atoms with E-state index in [1.54, 1.807) is 13.2 Å². The minimum absolute atomic E-state index is 0.187. The van der Waals surface area contributed by atoms with Gasteiger partial charge in [-0.1, -0.05) is 26.0 Å². The summed E-state index contributed by atoms with van der Waals surface area (Å²) in [6.07, 6.45) is 0. The van der Waals surface area contributed by atoms with Crippen LogP contribution in [-0.2, 0) is 6.61 Å². The zero-order valence-electron chi connectivity index (χ0n) is 13.1. The van der Waals surface area contributed by atoms with Gasteiger partial charge in [0.1, 0.15) is 12.3 Å². The number of nitrogens with zero attached hydrogens (tertiary/aromatic N) is 1. The lowest BCUT2D eigenvalue weighted by Crippen LogP contribution is -2.27. The van der Waals surface area contributed by atoms with Crippen LogP contribution < -0.4 is 14.8 Å². The molecule has 0 atom stereocenters. The van der Waals surface area contributed by atoms with Gasteiger partial charge in [-0.2, -0.15) is 5.10 Å². The van der Waals surface area contributed by atoms with Crippen LogP contribution in [0, 0.1) is 5.92 Å². The number of hydrogen-bond acceptors (Lipinski definition) is 4. The van der Waals surface area contributed by atoms with Crippen LogP contribution in [0.2, 0.25) is 0 Å². The van der Waals surface area contributed by atoms with Crippen LogP contribution in [0.25, 0.3) is 0 Å². The van der Waals surface area contributed by atoms with E-state index >= 15 is 0 Å². The lowest BCUT2D eigenvalue weighted by Gasteiger charge is -2.08. The lowest BCUT2D eigenvalue weighted by molar-refractivity contribution is 0.0944. The summed E-state index contributed by atoms with van der Waals surface area (Å²) >= 11 is 0. The SMILES string of the molecule is COc1ccccc1OCc1cc(C(=O)NCC(C)C)n[nH]1. The zero-order valence-corrected chi connectivity index (χ0v) is 13.1. The minimum atomic E-state index is -0.187. The van der Waals surface area contributed by atoms with E-state index in [0.29, 0.717) is 29.7 Å². The highest BCUT2D eigenvalue weighted by atomic mass is 16.5. The molecule has 0 aliphatic rings. The zero-order chi connectivity index (χ0) is 15.9. The fourth-order valence-electron chi connectivity index (χ4n) is 1.83. The molecule has 0 aliphatic carbocycles.